The predicted molar refractivity (Wildman–Crippen MR) is 116 cm³/mol. The van der Waals surface area contributed by atoms with Crippen LogP contribution in [0.15, 0.2) is 42.5 Å². The van der Waals surface area contributed by atoms with Crippen molar-refractivity contribution < 1.29 is 19.4 Å². The van der Waals surface area contributed by atoms with Crippen molar-refractivity contribution in [2.24, 2.45) is 0 Å². The number of benzene rings is 2. The summed E-state index contributed by atoms with van der Waals surface area (Å²) in [5, 5.41) is 14.0. The normalized spacial score (nSPS) is 18.8. The molecule has 2 aliphatic heterocycles. The molecule has 2 aromatic carbocycles. The van der Waals surface area contributed by atoms with Gasteiger partial charge in [0, 0.05) is 31.6 Å². The number of β-amino-alcohol motifs (C(OH)–C–C–N with tert-alkyl or cyclic N) is 1. The number of amides is 1. The van der Waals surface area contributed by atoms with E-state index in [1.54, 1.807) is 12.1 Å². The van der Waals surface area contributed by atoms with E-state index in [-0.39, 0.29) is 18.1 Å². The quantitative estimate of drug-likeness (QED) is 0.733. The lowest BCUT2D eigenvalue weighted by molar-refractivity contribution is -0.114. The highest BCUT2D eigenvalue weighted by Gasteiger charge is 2.42. The molecule has 1 amide bonds. The molecule has 1 spiro atoms. The van der Waals surface area contributed by atoms with Crippen LogP contribution in [0.5, 0.6) is 5.75 Å². The van der Waals surface area contributed by atoms with Crippen LogP contribution in [0.4, 0.5) is 5.69 Å². The van der Waals surface area contributed by atoms with E-state index in [1.807, 2.05) is 24.3 Å². The second-order valence-corrected chi connectivity index (χ2v) is 8.46. The Bertz CT molecular complexity index is 912. The summed E-state index contributed by atoms with van der Waals surface area (Å²) in [6.07, 6.45) is 1.15. The Morgan fingerprint density at radius 3 is 2.83 bits per heavy atom. The number of piperidine rings is 1. The zero-order valence-electron chi connectivity index (χ0n) is 17.1. The Morgan fingerprint density at radius 2 is 2.07 bits per heavy atom. The molecule has 0 unspecified atom stereocenters. The molecule has 2 aliphatic rings. The van der Waals surface area contributed by atoms with Crippen molar-refractivity contribution in [3.8, 4) is 5.75 Å². The largest absolute Gasteiger partial charge is 0.489 e. The minimum absolute atomic E-state index is 0.160. The first-order chi connectivity index (χ1) is 14.4. The van der Waals surface area contributed by atoms with E-state index < -0.39 is 6.10 Å². The number of fused-ring (bicyclic) bond motifs is 2. The van der Waals surface area contributed by atoms with E-state index >= 15 is 0 Å². The number of hydrogen-bond acceptors (Lipinski definition) is 5. The number of aliphatic hydroxyl groups is 1. The lowest BCUT2D eigenvalue weighted by Gasteiger charge is -2.39. The van der Waals surface area contributed by atoms with Crippen molar-refractivity contribution in [2.75, 3.05) is 31.6 Å². The molecule has 0 radical (unpaired) electrons. The molecule has 7 heteroatoms. The van der Waals surface area contributed by atoms with E-state index in [0.29, 0.717) is 24.6 Å². The van der Waals surface area contributed by atoms with Gasteiger partial charge in [0.2, 0.25) is 5.91 Å². The van der Waals surface area contributed by atoms with Crippen molar-refractivity contribution in [1.82, 2.24) is 4.90 Å². The lowest BCUT2D eigenvalue weighted by Crippen LogP contribution is -2.46. The fourth-order valence-electron chi connectivity index (χ4n) is 4.35. The van der Waals surface area contributed by atoms with Gasteiger partial charge >= 0.3 is 0 Å². The minimum atomic E-state index is -0.625. The summed E-state index contributed by atoms with van der Waals surface area (Å²) >= 11 is 6.12. The van der Waals surface area contributed by atoms with Gasteiger partial charge in [-0.15, -0.1) is 0 Å². The summed E-state index contributed by atoms with van der Waals surface area (Å²) in [5.74, 6) is 0.394. The maximum atomic E-state index is 11.3. The van der Waals surface area contributed by atoms with Gasteiger partial charge < -0.3 is 24.8 Å². The van der Waals surface area contributed by atoms with Crippen LogP contribution in [-0.4, -0.2) is 48.3 Å². The van der Waals surface area contributed by atoms with E-state index in [1.165, 1.54) is 18.1 Å². The first-order valence-corrected chi connectivity index (χ1v) is 10.7. The monoisotopic (exact) mass is 430 g/mol. The van der Waals surface area contributed by atoms with Crippen molar-refractivity contribution in [3.05, 3.63) is 58.6 Å². The van der Waals surface area contributed by atoms with E-state index in [4.69, 9.17) is 21.1 Å². The summed E-state index contributed by atoms with van der Waals surface area (Å²) in [6, 6.07) is 13.2. The number of halogens is 1. The number of nitrogens with zero attached hydrogens (tertiary/aromatic N) is 1. The number of para-hydroxylation sites is 2. The first-order valence-electron chi connectivity index (χ1n) is 10.3. The molecule has 0 aromatic heterocycles. The van der Waals surface area contributed by atoms with Crippen LogP contribution in [0, 0.1) is 0 Å². The smallest absolute Gasteiger partial charge is 0.221 e. The van der Waals surface area contributed by atoms with Crippen molar-refractivity contribution in [1.29, 1.82) is 0 Å². The third-order valence-corrected chi connectivity index (χ3v) is 6.06. The van der Waals surface area contributed by atoms with Crippen LogP contribution < -0.4 is 10.1 Å². The predicted octanol–water partition coefficient (Wildman–Crippen LogP) is 3.56. The summed E-state index contributed by atoms with van der Waals surface area (Å²) in [4.78, 5) is 13.6. The zero-order valence-corrected chi connectivity index (χ0v) is 17.8. The molecule has 1 saturated heterocycles. The van der Waals surface area contributed by atoms with Gasteiger partial charge in [0.25, 0.3) is 0 Å². The fraction of sp³-hybridized carbons (Fsp3) is 0.435. The number of likely N-dealkylation sites (tertiary alicyclic amines) is 1. The molecule has 30 heavy (non-hydrogen) atoms. The lowest BCUT2D eigenvalue weighted by atomic mass is 9.84. The van der Waals surface area contributed by atoms with Gasteiger partial charge in [0.1, 0.15) is 18.5 Å². The minimum Gasteiger partial charge on any atom is -0.489 e. The highest BCUT2D eigenvalue weighted by Crippen LogP contribution is 2.44. The van der Waals surface area contributed by atoms with E-state index in [0.717, 1.165) is 31.0 Å². The third kappa shape index (κ3) is 4.62. The molecule has 160 valence electrons. The second-order valence-electron chi connectivity index (χ2n) is 8.03. The average molecular weight is 431 g/mol. The Labute approximate surface area is 181 Å². The number of rotatable bonds is 6. The van der Waals surface area contributed by atoms with Crippen LogP contribution in [0.3, 0.4) is 0 Å². The number of anilines is 1. The maximum absolute atomic E-state index is 11.3. The highest BCUT2D eigenvalue weighted by atomic mass is 35.5. The van der Waals surface area contributed by atoms with Gasteiger partial charge in [-0.05, 0) is 48.2 Å². The van der Waals surface area contributed by atoms with Crippen LogP contribution in [0.1, 0.15) is 30.9 Å². The van der Waals surface area contributed by atoms with Crippen molar-refractivity contribution in [2.45, 2.75) is 38.1 Å². The molecule has 4 rings (SSSR count). The molecule has 0 aliphatic carbocycles. The Kier molecular flexibility index (Phi) is 6.29. The van der Waals surface area contributed by atoms with Crippen LogP contribution in [-0.2, 0) is 21.7 Å². The SMILES string of the molecule is CC(=O)Nc1ccccc1OC[C@H](O)CN1CCC2(CC1)OCc1cc(Cl)ccc12. The average Bonchev–Trinajstić information content (AvgIpc) is 3.06. The summed E-state index contributed by atoms with van der Waals surface area (Å²) < 4.78 is 12.0. The van der Waals surface area contributed by atoms with Crippen LogP contribution in [0.25, 0.3) is 0 Å². The number of aliphatic hydroxyl groups excluding tert-OH is 1. The summed E-state index contributed by atoms with van der Waals surface area (Å²) in [5.41, 5.74) is 2.82. The molecule has 2 heterocycles. The molecular weight excluding hydrogens is 404 g/mol. The number of ether oxygens (including phenoxy) is 2. The standard InChI is InChI=1S/C23H27ClN2O4/c1-16(27)25-21-4-2-3-5-22(21)29-15-19(28)13-26-10-8-23(9-11-26)20-7-6-18(24)12-17(20)14-30-23/h2-7,12,19,28H,8-11,13-15H2,1H3,(H,25,27)/t19-/m1/s1. The van der Waals surface area contributed by atoms with Crippen molar-refractivity contribution in [3.63, 3.8) is 0 Å². The number of nitrogens with one attached hydrogen (secondary N) is 1. The van der Waals surface area contributed by atoms with E-state index in [2.05, 4.69) is 16.3 Å². The van der Waals surface area contributed by atoms with E-state index in [9.17, 15) is 9.90 Å². The third-order valence-electron chi connectivity index (χ3n) is 5.82. The van der Waals surface area contributed by atoms with Gasteiger partial charge in [-0.2, -0.15) is 0 Å². The van der Waals surface area contributed by atoms with Crippen molar-refractivity contribution >= 4 is 23.2 Å². The van der Waals surface area contributed by atoms with Crippen LogP contribution >= 0.6 is 11.6 Å². The molecule has 1 fully saturated rings. The molecule has 2 aromatic rings. The maximum Gasteiger partial charge on any atom is 0.221 e. The number of hydrogen-bond donors (Lipinski definition) is 2. The fourth-order valence-corrected chi connectivity index (χ4v) is 4.55. The topological polar surface area (TPSA) is 71.0 Å². The molecule has 0 bridgehead atoms. The highest BCUT2D eigenvalue weighted by molar-refractivity contribution is 6.30. The van der Waals surface area contributed by atoms with Gasteiger partial charge in [-0.3, -0.25) is 4.79 Å². The second kappa shape index (κ2) is 8.94. The molecule has 6 nitrogen and oxygen atoms in total. The van der Waals surface area contributed by atoms with Crippen LogP contribution in [0.2, 0.25) is 5.02 Å². The van der Waals surface area contributed by atoms with Gasteiger partial charge in [-0.1, -0.05) is 29.8 Å². The number of carbonyl (C=O) groups is 1. The van der Waals surface area contributed by atoms with Gasteiger partial charge in [-0.25, -0.2) is 0 Å². The Balaban J connectivity index is 1.29. The van der Waals surface area contributed by atoms with Gasteiger partial charge in [0.05, 0.1) is 17.9 Å². The Hall–Kier alpha value is -2.12. The first kappa shape index (κ1) is 21.1. The summed E-state index contributed by atoms with van der Waals surface area (Å²) in [6.45, 7) is 4.46. The number of carbonyl (C=O) groups excluding carboxylic acids is 1. The van der Waals surface area contributed by atoms with Gasteiger partial charge in [0.15, 0.2) is 0 Å². The zero-order chi connectivity index (χ0) is 21.1. The molecule has 1 atom stereocenters. The molecular formula is C23H27ClN2O4. The Morgan fingerprint density at radius 1 is 1.30 bits per heavy atom. The summed E-state index contributed by atoms with van der Waals surface area (Å²) in [7, 11) is 0. The molecule has 2 N–H and O–H groups in total. The molecule has 0 saturated carbocycles.